The molecule has 1 N–H and O–H groups in total. The Kier molecular flexibility index (Phi) is 5.19. The molecule has 1 aliphatic rings. The number of nitrogens with one attached hydrogen (secondary N) is 1. The van der Waals surface area contributed by atoms with Crippen LogP contribution < -0.4 is 15.7 Å². The second-order valence-electron chi connectivity index (χ2n) is 7.92. The van der Waals surface area contributed by atoms with E-state index >= 15 is 0 Å². The lowest BCUT2D eigenvalue weighted by atomic mass is 10.1. The highest BCUT2D eigenvalue weighted by Gasteiger charge is 2.29. The number of hydrogen-bond acceptors (Lipinski definition) is 6. The summed E-state index contributed by atoms with van der Waals surface area (Å²) in [5, 5.41) is 7.58. The van der Waals surface area contributed by atoms with Gasteiger partial charge in [-0.3, -0.25) is 14.0 Å². The highest BCUT2D eigenvalue weighted by atomic mass is 16.5. The maximum Gasteiger partial charge on any atom is 0.334 e. The Morgan fingerprint density at radius 3 is 2.81 bits per heavy atom. The van der Waals surface area contributed by atoms with Crippen LogP contribution in [-0.4, -0.2) is 54.7 Å². The van der Waals surface area contributed by atoms with Crippen molar-refractivity contribution in [3.05, 3.63) is 34.8 Å². The smallest absolute Gasteiger partial charge is 0.334 e. The number of fused-ring (bicyclic) bond motifs is 1. The lowest BCUT2D eigenvalue weighted by Gasteiger charge is -2.18. The van der Waals surface area contributed by atoms with Crippen LogP contribution in [0.4, 0.5) is 11.4 Å². The predicted molar refractivity (Wildman–Crippen MR) is 116 cm³/mol. The van der Waals surface area contributed by atoms with Crippen molar-refractivity contribution in [2.45, 2.75) is 32.2 Å². The molecule has 0 bridgehead atoms. The standard InChI is InChI=1S/C21H25N7O3/c1-6-18(29)26-8-7-14(10-26)27-12-15(23-16-11-25(4)24-20(16)31-5)19-22-9-17(13(2)3)28(19)21(27)30/h1,9,11-14,23H,7-8,10H2,2-5H3. The molecule has 4 rings (SSSR count). The van der Waals surface area contributed by atoms with Crippen molar-refractivity contribution < 1.29 is 9.53 Å². The van der Waals surface area contributed by atoms with E-state index in [1.165, 1.54) is 0 Å². The predicted octanol–water partition coefficient (Wildman–Crippen LogP) is 1.51. The van der Waals surface area contributed by atoms with Gasteiger partial charge in [0, 0.05) is 32.5 Å². The Labute approximate surface area is 179 Å². The van der Waals surface area contributed by atoms with Gasteiger partial charge in [-0.25, -0.2) is 14.2 Å². The van der Waals surface area contributed by atoms with Crippen molar-refractivity contribution in [1.29, 1.82) is 0 Å². The van der Waals surface area contributed by atoms with E-state index < -0.39 is 0 Å². The first-order chi connectivity index (χ1) is 14.8. The van der Waals surface area contributed by atoms with Gasteiger partial charge in [0.15, 0.2) is 5.65 Å². The summed E-state index contributed by atoms with van der Waals surface area (Å²) in [7, 11) is 3.35. The summed E-state index contributed by atoms with van der Waals surface area (Å²) in [5.74, 6) is 2.32. The number of aromatic nitrogens is 5. The zero-order chi connectivity index (χ0) is 22.3. The second-order valence-corrected chi connectivity index (χ2v) is 7.92. The average molecular weight is 423 g/mol. The molecule has 1 saturated heterocycles. The van der Waals surface area contributed by atoms with Gasteiger partial charge in [0.1, 0.15) is 5.69 Å². The number of methoxy groups -OCH3 is 1. The van der Waals surface area contributed by atoms with E-state index in [0.29, 0.717) is 42.4 Å². The number of carbonyl (C=O) groups is 1. The Morgan fingerprint density at radius 1 is 1.35 bits per heavy atom. The van der Waals surface area contributed by atoms with E-state index in [1.54, 1.807) is 51.3 Å². The van der Waals surface area contributed by atoms with Crippen LogP contribution in [0.25, 0.3) is 5.65 Å². The summed E-state index contributed by atoms with van der Waals surface area (Å²) in [6.45, 7) is 4.93. The summed E-state index contributed by atoms with van der Waals surface area (Å²) in [6, 6.07) is -0.187. The third-order valence-corrected chi connectivity index (χ3v) is 5.53. The molecule has 0 aliphatic carbocycles. The van der Waals surface area contributed by atoms with E-state index in [-0.39, 0.29) is 23.6 Å². The maximum atomic E-state index is 13.5. The van der Waals surface area contributed by atoms with Crippen molar-refractivity contribution >= 4 is 22.9 Å². The number of imidazole rings is 1. The van der Waals surface area contributed by atoms with Crippen LogP contribution in [0.1, 0.15) is 37.9 Å². The molecule has 1 unspecified atom stereocenters. The topological polar surface area (TPSA) is 98.7 Å². The monoisotopic (exact) mass is 423 g/mol. The third-order valence-electron chi connectivity index (χ3n) is 5.53. The van der Waals surface area contributed by atoms with E-state index in [0.717, 1.165) is 5.69 Å². The van der Waals surface area contributed by atoms with Crippen LogP contribution in [-0.2, 0) is 11.8 Å². The van der Waals surface area contributed by atoms with Gasteiger partial charge in [0.25, 0.3) is 11.8 Å². The zero-order valence-corrected chi connectivity index (χ0v) is 18.0. The Morgan fingerprint density at radius 2 is 2.13 bits per heavy atom. The van der Waals surface area contributed by atoms with Crippen LogP contribution in [0, 0.1) is 12.3 Å². The normalized spacial score (nSPS) is 16.1. The fourth-order valence-corrected chi connectivity index (χ4v) is 3.97. The minimum atomic E-state index is -0.361. The van der Waals surface area contributed by atoms with Gasteiger partial charge in [0.05, 0.1) is 30.7 Å². The molecule has 3 aromatic heterocycles. The minimum absolute atomic E-state index is 0.0995. The number of anilines is 2. The van der Waals surface area contributed by atoms with Gasteiger partial charge in [-0.1, -0.05) is 13.8 Å². The van der Waals surface area contributed by atoms with E-state index in [9.17, 15) is 9.59 Å². The van der Waals surface area contributed by atoms with E-state index in [2.05, 4.69) is 21.3 Å². The number of rotatable bonds is 5. The molecule has 1 atom stereocenters. The Balaban J connectivity index is 1.84. The second kappa shape index (κ2) is 7.83. The molecule has 4 heterocycles. The molecule has 31 heavy (non-hydrogen) atoms. The van der Waals surface area contributed by atoms with E-state index in [4.69, 9.17) is 11.2 Å². The fourth-order valence-electron chi connectivity index (χ4n) is 3.97. The van der Waals surface area contributed by atoms with Crippen molar-refractivity contribution in [3.8, 4) is 18.2 Å². The fraction of sp³-hybridized carbons (Fsp3) is 0.429. The molecule has 1 amide bonds. The average Bonchev–Trinajstić information content (AvgIpc) is 3.47. The highest BCUT2D eigenvalue weighted by molar-refractivity contribution is 5.93. The number of hydrogen-bond donors (Lipinski definition) is 1. The molecule has 10 nitrogen and oxygen atoms in total. The van der Waals surface area contributed by atoms with Crippen LogP contribution in [0.3, 0.4) is 0 Å². The molecule has 0 spiro atoms. The molecule has 0 aromatic carbocycles. The van der Waals surface area contributed by atoms with Crippen molar-refractivity contribution in [2.24, 2.45) is 7.05 Å². The molecule has 1 fully saturated rings. The van der Waals surface area contributed by atoms with Gasteiger partial charge in [-0.2, -0.15) is 0 Å². The summed E-state index contributed by atoms with van der Waals surface area (Å²) < 4.78 is 10.3. The Hall–Kier alpha value is -3.74. The zero-order valence-electron chi connectivity index (χ0n) is 18.0. The largest absolute Gasteiger partial charge is 0.478 e. The first-order valence-electron chi connectivity index (χ1n) is 10.1. The molecular weight excluding hydrogens is 398 g/mol. The van der Waals surface area contributed by atoms with Crippen LogP contribution >= 0.6 is 0 Å². The van der Waals surface area contributed by atoms with Crippen molar-refractivity contribution in [3.63, 3.8) is 0 Å². The number of terminal acetylenes is 1. The van der Waals surface area contributed by atoms with Gasteiger partial charge in [-0.05, 0) is 18.3 Å². The molecule has 0 radical (unpaired) electrons. The van der Waals surface area contributed by atoms with E-state index in [1.807, 2.05) is 13.8 Å². The SMILES string of the molecule is C#CC(=O)N1CCC(n2cc(Nc3cn(C)nc3OC)c3ncc(C(C)C)n3c2=O)C1. The number of carbonyl (C=O) groups excluding carboxylic acids is 1. The van der Waals surface area contributed by atoms with Gasteiger partial charge < -0.3 is 15.0 Å². The van der Waals surface area contributed by atoms with Crippen molar-refractivity contribution in [2.75, 3.05) is 25.5 Å². The lowest BCUT2D eigenvalue weighted by molar-refractivity contribution is -0.124. The van der Waals surface area contributed by atoms with Crippen molar-refractivity contribution in [1.82, 2.24) is 28.6 Å². The third kappa shape index (κ3) is 3.52. The van der Waals surface area contributed by atoms with Crippen LogP contribution in [0.2, 0.25) is 0 Å². The molecule has 1 aliphatic heterocycles. The van der Waals surface area contributed by atoms with Crippen LogP contribution in [0.5, 0.6) is 5.88 Å². The number of aryl methyl sites for hydroxylation is 1. The van der Waals surface area contributed by atoms with Gasteiger partial charge in [0.2, 0.25) is 0 Å². The van der Waals surface area contributed by atoms with Gasteiger partial charge in [-0.15, -0.1) is 11.5 Å². The number of likely N-dealkylation sites (tertiary alicyclic amines) is 1. The highest BCUT2D eigenvalue weighted by Crippen LogP contribution is 2.30. The quantitative estimate of drug-likeness (QED) is 0.625. The summed E-state index contributed by atoms with van der Waals surface area (Å²) >= 11 is 0. The first kappa shape index (κ1) is 20.5. The number of ether oxygens (including phenoxy) is 1. The Bertz CT molecular complexity index is 1240. The number of amides is 1. The van der Waals surface area contributed by atoms with Gasteiger partial charge >= 0.3 is 5.69 Å². The summed E-state index contributed by atoms with van der Waals surface area (Å²) in [6.07, 6.45) is 11.2. The number of nitrogens with zero attached hydrogens (tertiary/aromatic N) is 6. The summed E-state index contributed by atoms with van der Waals surface area (Å²) in [5.41, 5.74) is 2.43. The maximum absolute atomic E-state index is 13.5. The lowest BCUT2D eigenvalue weighted by Crippen LogP contribution is -2.33. The molecule has 0 saturated carbocycles. The van der Waals surface area contributed by atoms with Crippen LogP contribution in [0.15, 0.2) is 23.4 Å². The minimum Gasteiger partial charge on any atom is -0.478 e. The molecule has 3 aromatic rings. The summed E-state index contributed by atoms with van der Waals surface area (Å²) in [4.78, 5) is 31.5. The molecule has 162 valence electrons. The first-order valence-corrected chi connectivity index (χ1v) is 10.1. The molecule has 10 heteroatoms. The molecular formula is C21H25N7O3.